The number of aromatic nitrogens is 2. The highest BCUT2D eigenvalue weighted by atomic mass is 19.1. The molecule has 0 fully saturated rings. The number of hydrogen-bond donors (Lipinski definition) is 0. The van der Waals surface area contributed by atoms with E-state index in [9.17, 15) is 14.4 Å². The van der Waals surface area contributed by atoms with E-state index in [1.165, 1.54) is 12.1 Å². The molecule has 0 aliphatic heterocycles. The smallest absolute Gasteiger partial charge is 0.254 e. The topological polar surface area (TPSA) is 58.7 Å². The van der Waals surface area contributed by atoms with E-state index in [0.717, 1.165) is 6.42 Å². The average Bonchev–Trinajstić information content (AvgIpc) is 2.65. The summed E-state index contributed by atoms with van der Waals surface area (Å²) in [6.07, 6.45) is 1.56. The minimum Gasteiger partial charge on any atom is -0.292 e. The molecule has 0 bridgehead atoms. The van der Waals surface area contributed by atoms with Gasteiger partial charge in [-0.1, -0.05) is 37.3 Å². The number of aryl methyl sites for hydroxylation is 2. The molecular formula is C22H20FN3O. The van der Waals surface area contributed by atoms with Crippen LogP contribution in [0.2, 0.25) is 0 Å². The Kier molecular flexibility index (Phi) is 5.46. The lowest BCUT2D eigenvalue weighted by molar-refractivity contribution is 0.618. The number of hydrogen-bond acceptors (Lipinski definition) is 3. The fraction of sp³-hybridized carbons (Fsp3) is 0.227. The second-order valence-corrected chi connectivity index (χ2v) is 6.46. The first-order chi connectivity index (χ1) is 13.0. The van der Waals surface area contributed by atoms with Crippen LogP contribution in [0.3, 0.4) is 0 Å². The monoisotopic (exact) mass is 361 g/mol. The van der Waals surface area contributed by atoms with Gasteiger partial charge in [-0.15, -0.1) is 0 Å². The molecule has 0 spiro atoms. The van der Waals surface area contributed by atoms with Crippen LogP contribution in [0, 0.1) is 24.1 Å². The van der Waals surface area contributed by atoms with Gasteiger partial charge in [0, 0.05) is 29.3 Å². The molecule has 1 aromatic heterocycles. The van der Waals surface area contributed by atoms with Gasteiger partial charge < -0.3 is 0 Å². The maximum Gasteiger partial charge on any atom is 0.254 e. The molecule has 4 nitrogen and oxygen atoms in total. The molecule has 5 heteroatoms. The molecule has 3 aromatic rings. The molecule has 1 heterocycles. The van der Waals surface area contributed by atoms with Crippen molar-refractivity contribution in [3.8, 4) is 17.2 Å². The van der Waals surface area contributed by atoms with Crippen molar-refractivity contribution in [2.45, 2.75) is 33.2 Å². The summed E-state index contributed by atoms with van der Waals surface area (Å²) in [7, 11) is 0. The summed E-state index contributed by atoms with van der Waals surface area (Å²) in [5.41, 5.74) is 2.59. The lowest BCUT2D eigenvalue weighted by Crippen LogP contribution is -2.25. The van der Waals surface area contributed by atoms with Crippen molar-refractivity contribution in [3.63, 3.8) is 0 Å². The number of rotatable bonds is 5. The quantitative estimate of drug-likeness (QED) is 0.683. The highest BCUT2D eigenvalue weighted by Crippen LogP contribution is 2.27. The minimum atomic E-state index is -0.416. The van der Waals surface area contributed by atoms with E-state index >= 15 is 0 Å². The number of nitriles is 1. The highest BCUT2D eigenvalue weighted by Gasteiger charge is 2.12. The first kappa shape index (κ1) is 18.5. The lowest BCUT2D eigenvalue weighted by atomic mass is 9.98. The third-order valence-electron chi connectivity index (χ3n) is 4.40. The van der Waals surface area contributed by atoms with Gasteiger partial charge in [0.2, 0.25) is 0 Å². The molecule has 0 radical (unpaired) electrons. The van der Waals surface area contributed by atoms with E-state index in [-0.39, 0.29) is 12.1 Å². The Hall–Kier alpha value is -3.26. The summed E-state index contributed by atoms with van der Waals surface area (Å²) < 4.78 is 16.3. The number of nitrogens with zero attached hydrogens (tertiary/aromatic N) is 3. The molecule has 0 saturated heterocycles. The lowest BCUT2D eigenvalue weighted by Gasteiger charge is -2.13. The van der Waals surface area contributed by atoms with Crippen LogP contribution in [-0.2, 0) is 13.0 Å². The highest BCUT2D eigenvalue weighted by molar-refractivity contribution is 5.71. The van der Waals surface area contributed by atoms with Crippen LogP contribution in [0.15, 0.2) is 53.3 Å². The summed E-state index contributed by atoms with van der Waals surface area (Å²) in [6.45, 7) is 4.09. The van der Waals surface area contributed by atoms with Gasteiger partial charge in [-0.3, -0.25) is 9.36 Å². The summed E-state index contributed by atoms with van der Waals surface area (Å²) in [5.74, 6) is 0.294. The van der Waals surface area contributed by atoms with Gasteiger partial charge in [0.05, 0.1) is 18.2 Å². The van der Waals surface area contributed by atoms with Gasteiger partial charge >= 0.3 is 0 Å². The predicted molar refractivity (Wildman–Crippen MR) is 103 cm³/mol. The van der Waals surface area contributed by atoms with E-state index in [1.807, 2.05) is 6.92 Å². The molecular weight excluding hydrogens is 341 g/mol. The van der Waals surface area contributed by atoms with Gasteiger partial charge in [0.1, 0.15) is 11.6 Å². The number of halogens is 1. The van der Waals surface area contributed by atoms with Gasteiger partial charge in [0.15, 0.2) is 0 Å². The molecule has 136 valence electrons. The van der Waals surface area contributed by atoms with E-state index in [2.05, 4.69) is 11.1 Å². The predicted octanol–water partition coefficient (Wildman–Crippen LogP) is 4.23. The molecule has 2 aromatic carbocycles. The van der Waals surface area contributed by atoms with Gasteiger partial charge in [-0.05, 0) is 31.0 Å². The molecule has 27 heavy (non-hydrogen) atoms. The van der Waals surface area contributed by atoms with Crippen LogP contribution in [-0.4, -0.2) is 9.55 Å². The Bertz CT molecular complexity index is 1080. The Morgan fingerprint density at radius 3 is 2.63 bits per heavy atom. The molecule has 0 atom stereocenters. The Labute approximate surface area is 157 Å². The maximum absolute atomic E-state index is 14.8. The fourth-order valence-corrected chi connectivity index (χ4v) is 3.14. The van der Waals surface area contributed by atoms with Crippen LogP contribution in [0.25, 0.3) is 11.1 Å². The van der Waals surface area contributed by atoms with Gasteiger partial charge in [-0.2, -0.15) is 5.26 Å². The van der Waals surface area contributed by atoms with Crippen LogP contribution >= 0.6 is 0 Å². The average molecular weight is 361 g/mol. The maximum atomic E-state index is 14.8. The molecule has 0 unspecified atom stereocenters. The molecule has 0 aliphatic rings. The van der Waals surface area contributed by atoms with Crippen LogP contribution in [0.1, 0.15) is 36.0 Å². The van der Waals surface area contributed by atoms with E-state index in [4.69, 9.17) is 0 Å². The third kappa shape index (κ3) is 3.95. The van der Waals surface area contributed by atoms with Crippen molar-refractivity contribution < 1.29 is 4.39 Å². The molecule has 0 aliphatic carbocycles. The Morgan fingerprint density at radius 1 is 1.15 bits per heavy atom. The van der Waals surface area contributed by atoms with Crippen LogP contribution < -0.4 is 5.56 Å². The van der Waals surface area contributed by atoms with Crippen molar-refractivity contribution >= 4 is 0 Å². The van der Waals surface area contributed by atoms with E-state index in [0.29, 0.717) is 40.2 Å². The fourth-order valence-electron chi connectivity index (χ4n) is 3.14. The zero-order chi connectivity index (χ0) is 19.4. The number of benzene rings is 2. The van der Waals surface area contributed by atoms with E-state index < -0.39 is 5.82 Å². The SMILES string of the molecule is CCCc1nc(C)cc(=O)n1Cc1ccc(-c2ccccc2C#N)c(F)c1. The molecule has 0 N–H and O–H groups in total. The first-order valence-corrected chi connectivity index (χ1v) is 8.88. The minimum absolute atomic E-state index is 0.134. The van der Waals surface area contributed by atoms with Crippen LogP contribution in [0.4, 0.5) is 4.39 Å². The molecule has 0 saturated carbocycles. The van der Waals surface area contributed by atoms with Crippen LogP contribution in [0.5, 0.6) is 0 Å². The molecule has 0 amide bonds. The largest absolute Gasteiger partial charge is 0.292 e. The molecule has 3 rings (SSSR count). The zero-order valence-electron chi connectivity index (χ0n) is 15.4. The van der Waals surface area contributed by atoms with E-state index in [1.54, 1.807) is 47.9 Å². The summed E-state index contributed by atoms with van der Waals surface area (Å²) >= 11 is 0. The van der Waals surface area contributed by atoms with Gasteiger partial charge in [-0.25, -0.2) is 9.37 Å². The van der Waals surface area contributed by atoms with Gasteiger partial charge in [0.25, 0.3) is 5.56 Å². The summed E-state index contributed by atoms with van der Waals surface area (Å²) in [5, 5.41) is 9.24. The summed E-state index contributed by atoms with van der Waals surface area (Å²) in [6, 6.07) is 15.4. The second kappa shape index (κ2) is 7.96. The Balaban J connectivity index is 1.99. The standard InChI is InChI=1S/C22H20FN3O/c1-3-6-21-25-15(2)11-22(27)26(21)14-16-9-10-19(20(23)12-16)18-8-5-4-7-17(18)13-24/h4-5,7-12H,3,6,14H2,1-2H3. The zero-order valence-corrected chi connectivity index (χ0v) is 15.4. The normalized spacial score (nSPS) is 10.6. The van der Waals surface area contributed by atoms with Crippen molar-refractivity contribution in [2.75, 3.05) is 0 Å². The van der Waals surface area contributed by atoms with Crippen molar-refractivity contribution in [1.82, 2.24) is 9.55 Å². The van der Waals surface area contributed by atoms with Crippen molar-refractivity contribution in [2.24, 2.45) is 0 Å². The third-order valence-corrected chi connectivity index (χ3v) is 4.40. The van der Waals surface area contributed by atoms with Crippen molar-refractivity contribution in [1.29, 1.82) is 5.26 Å². The Morgan fingerprint density at radius 2 is 1.93 bits per heavy atom. The summed E-state index contributed by atoms with van der Waals surface area (Å²) in [4.78, 5) is 16.9. The first-order valence-electron chi connectivity index (χ1n) is 8.88. The van der Waals surface area contributed by atoms with Crippen molar-refractivity contribution in [3.05, 3.63) is 87.3 Å². The second-order valence-electron chi connectivity index (χ2n) is 6.46.